The Bertz CT molecular complexity index is 385. The maximum Gasteiger partial charge on any atom is 0.420 e. The summed E-state index contributed by atoms with van der Waals surface area (Å²) in [4.78, 5) is 3.79. The molecule has 1 saturated carbocycles. The SMILES string of the molecule is CCc1cncc(OC2CC2)c1C(F)(F)F. The van der Waals surface area contributed by atoms with Crippen LogP contribution in [0, 0.1) is 0 Å². The van der Waals surface area contributed by atoms with Crippen LogP contribution in [0.15, 0.2) is 12.4 Å². The van der Waals surface area contributed by atoms with Crippen molar-refractivity contribution < 1.29 is 17.9 Å². The van der Waals surface area contributed by atoms with Gasteiger partial charge < -0.3 is 4.74 Å². The largest absolute Gasteiger partial charge is 0.488 e. The van der Waals surface area contributed by atoms with Crippen LogP contribution in [-0.4, -0.2) is 11.1 Å². The molecule has 0 aliphatic heterocycles. The first-order valence-electron chi connectivity index (χ1n) is 5.23. The molecule has 1 heterocycles. The standard InChI is InChI=1S/C11H12F3NO/c1-2-7-5-15-6-9(16-8-3-4-8)10(7)11(12,13)14/h5-6,8H,2-4H2,1H3. The average Bonchev–Trinajstić information content (AvgIpc) is 2.99. The molecule has 16 heavy (non-hydrogen) atoms. The van der Waals surface area contributed by atoms with Crippen LogP contribution in [-0.2, 0) is 12.6 Å². The highest BCUT2D eigenvalue weighted by molar-refractivity contribution is 5.39. The van der Waals surface area contributed by atoms with Gasteiger partial charge in [0.25, 0.3) is 0 Å². The third kappa shape index (κ3) is 2.28. The van der Waals surface area contributed by atoms with Crippen LogP contribution in [0.1, 0.15) is 30.9 Å². The van der Waals surface area contributed by atoms with Crippen LogP contribution >= 0.6 is 0 Å². The minimum atomic E-state index is -4.38. The van der Waals surface area contributed by atoms with Gasteiger partial charge in [-0.15, -0.1) is 0 Å². The molecule has 5 heteroatoms. The summed E-state index contributed by atoms with van der Waals surface area (Å²) in [5.41, 5.74) is -0.484. The number of rotatable bonds is 3. The highest BCUT2D eigenvalue weighted by Gasteiger charge is 2.38. The predicted molar refractivity (Wildman–Crippen MR) is 52.3 cm³/mol. The van der Waals surface area contributed by atoms with Gasteiger partial charge in [0.1, 0.15) is 5.56 Å². The number of alkyl halides is 3. The molecule has 0 unspecified atom stereocenters. The first-order chi connectivity index (χ1) is 7.52. The number of hydrogen-bond acceptors (Lipinski definition) is 2. The third-order valence-corrected chi connectivity index (χ3v) is 2.47. The molecule has 2 rings (SSSR count). The number of nitrogens with zero attached hydrogens (tertiary/aromatic N) is 1. The van der Waals surface area contributed by atoms with Gasteiger partial charge >= 0.3 is 6.18 Å². The summed E-state index contributed by atoms with van der Waals surface area (Å²) < 4.78 is 43.8. The van der Waals surface area contributed by atoms with E-state index in [1.54, 1.807) is 6.92 Å². The van der Waals surface area contributed by atoms with E-state index in [1.807, 2.05) is 0 Å². The van der Waals surface area contributed by atoms with E-state index in [-0.39, 0.29) is 17.4 Å². The molecule has 0 spiro atoms. The minimum absolute atomic E-state index is 0.0602. The topological polar surface area (TPSA) is 22.1 Å². The first-order valence-corrected chi connectivity index (χ1v) is 5.23. The highest BCUT2D eigenvalue weighted by Crippen LogP contribution is 2.40. The zero-order chi connectivity index (χ0) is 11.8. The lowest BCUT2D eigenvalue weighted by Gasteiger charge is -2.16. The second-order valence-corrected chi connectivity index (χ2v) is 3.84. The molecule has 1 fully saturated rings. The maximum atomic E-state index is 12.9. The molecule has 0 radical (unpaired) electrons. The Morgan fingerprint density at radius 1 is 1.38 bits per heavy atom. The van der Waals surface area contributed by atoms with Crippen LogP contribution in [0.3, 0.4) is 0 Å². The first kappa shape index (κ1) is 11.2. The van der Waals surface area contributed by atoms with Crippen LogP contribution < -0.4 is 4.74 Å². The van der Waals surface area contributed by atoms with E-state index in [0.29, 0.717) is 6.42 Å². The van der Waals surface area contributed by atoms with E-state index in [9.17, 15) is 13.2 Å². The highest BCUT2D eigenvalue weighted by atomic mass is 19.4. The van der Waals surface area contributed by atoms with Crippen molar-refractivity contribution in [3.63, 3.8) is 0 Å². The minimum Gasteiger partial charge on any atom is -0.488 e. The summed E-state index contributed by atoms with van der Waals surface area (Å²) in [5.74, 6) is -0.130. The Morgan fingerprint density at radius 2 is 2.06 bits per heavy atom. The molecule has 0 bridgehead atoms. The maximum absolute atomic E-state index is 12.9. The molecule has 1 aromatic rings. The summed E-state index contributed by atoms with van der Waals surface area (Å²) in [6.07, 6.45) is -0.0816. The number of halogens is 3. The van der Waals surface area contributed by atoms with Crippen molar-refractivity contribution in [3.8, 4) is 5.75 Å². The van der Waals surface area contributed by atoms with Crippen molar-refractivity contribution in [1.82, 2.24) is 4.98 Å². The molecule has 88 valence electrons. The van der Waals surface area contributed by atoms with Crippen molar-refractivity contribution in [2.24, 2.45) is 0 Å². The Morgan fingerprint density at radius 3 is 2.56 bits per heavy atom. The lowest BCUT2D eigenvalue weighted by atomic mass is 10.1. The van der Waals surface area contributed by atoms with E-state index in [0.717, 1.165) is 19.0 Å². The summed E-state index contributed by atoms with van der Waals surface area (Å²) in [7, 11) is 0. The quantitative estimate of drug-likeness (QED) is 0.796. The fourth-order valence-corrected chi connectivity index (χ4v) is 1.53. The van der Waals surface area contributed by atoms with E-state index >= 15 is 0 Å². The molecule has 0 atom stereocenters. The predicted octanol–water partition coefficient (Wildman–Crippen LogP) is 3.20. The van der Waals surface area contributed by atoms with Crippen LogP contribution in [0.2, 0.25) is 0 Å². The van der Waals surface area contributed by atoms with Gasteiger partial charge in [-0.1, -0.05) is 6.92 Å². The molecule has 1 aliphatic carbocycles. The van der Waals surface area contributed by atoms with E-state index in [4.69, 9.17) is 4.74 Å². The van der Waals surface area contributed by atoms with E-state index in [1.165, 1.54) is 6.20 Å². The number of aromatic nitrogens is 1. The second-order valence-electron chi connectivity index (χ2n) is 3.84. The lowest BCUT2D eigenvalue weighted by molar-refractivity contribution is -0.139. The molecule has 0 amide bonds. The molecule has 0 N–H and O–H groups in total. The monoisotopic (exact) mass is 231 g/mol. The fraction of sp³-hybridized carbons (Fsp3) is 0.545. The number of hydrogen-bond donors (Lipinski definition) is 0. The van der Waals surface area contributed by atoms with Gasteiger partial charge in [0.2, 0.25) is 0 Å². The van der Waals surface area contributed by atoms with Gasteiger partial charge in [-0.3, -0.25) is 4.98 Å². The summed E-state index contributed by atoms with van der Waals surface area (Å²) in [5, 5.41) is 0. The van der Waals surface area contributed by atoms with Crippen molar-refractivity contribution >= 4 is 0 Å². The number of aryl methyl sites for hydroxylation is 1. The van der Waals surface area contributed by atoms with Gasteiger partial charge in [-0.25, -0.2) is 0 Å². The zero-order valence-corrected chi connectivity index (χ0v) is 8.84. The summed E-state index contributed by atoms with van der Waals surface area (Å²) in [6, 6.07) is 0. The molecule has 0 saturated heterocycles. The molecule has 0 aromatic carbocycles. The van der Waals surface area contributed by atoms with Crippen molar-refractivity contribution in [3.05, 3.63) is 23.5 Å². The second kappa shape index (κ2) is 3.96. The van der Waals surface area contributed by atoms with Gasteiger partial charge in [-0.2, -0.15) is 13.2 Å². The average molecular weight is 231 g/mol. The zero-order valence-electron chi connectivity index (χ0n) is 8.84. The fourth-order valence-electron chi connectivity index (χ4n) is 1.53. The van der Waals surface area contributed by atoms with E-state index in [2.05, 4.69) is 4.98 Å². The number of ether oxygens (including phenoxy) is 1. The van der Waals surface area contributed by atoms with Gasteiger partial charge in [0.05, 0.1) is 12.3 Å². The lowest BCUT2D eigenvalue weighted by Crippen LogP contribution is -2.13. The van der Waals surface area contributed by atoms with Crippen molar-refractivity contribution in [1.29, 1.82) is 0 Å². The van der Waals surface area contributed by atoms with Crippen molar-refractivity contribution in [2.75, 3.05) is 0 Å². The Labute approximate surface area is 91.4 Å². The van der Waals surface area contributed by atoms with Crippen molar-refractivity contribution in [2.45, 2.75) is 38.5 Å². The smallest absolute Gasteiger partial charge is 0.420 e. The van der Waals surface area contributed by atoms with Crippen LogP contribution in [0.25, 0.3) is 0 Å². The third-order valence-electron chi connectivity index (χ3n) is 2.47. The molecule has 1 aliphatic rings. The summed E-state index contributed by atoms with van der Waals surface area (Å²) >= 11 is 0. The molecule has 1 aromatic heterocycles. The summed E-state index contributed by atoms with van der Waals surface area (Å²) in [6.45, 7) is 1.67. The van der Waals surface area contributed by atoms with Gasteiger partial charge in [0, 0.05) is 6.20 Å². The molecular formula is C11H12F3NO. The van der Waals surface area contributed by atoms with E-state index < -0.39 is 11.7 Å². The Balaban J connectivity index is 2.41. The normalized spacial score (nSPS) is 16.2. The Kier molecular flexibility index (Phi) is 2.78. The number of pyridine rings is 1. The molecule has 2 nitrogen and oxygen atoms in total. The van der Waals surface area contributed by atoms with Crippen LogP contribution in [0.4, 0.5) is 13.2 Å². The van der Waals surface area contributed by atoms with Crippen LogP contribution in [0.5, 0.6) is 5.75 Å². The molecular weight excluding hydrogens is 219 g/mol. The van der Waals surface area contributed by atoms with Gasteiger partial charge in [-0.05, 0) is 24.8 Å². The van der Waals surface area contributed by atoms with Gasteiger partial charge in [0.15, 0.2) is 5.75 Å². The Hall–Kier alpha value is -1.26.